The number of nitrogens with one attached hydrogen (secondary N) is 1. The maximum atomic E-state index is 11.7. The molecule has 0 amide bonds. The van der Waals surface area contributed by atoms with E-state index < -0.39 is 11.4 Å². The highest BCUT2D eigenvalue weighted by molar-refractivity contribution is 6.42. The van der Waals surface area contributed by atoms with Gasteiger partial charge >= 0.3 is 0 Å². The maximum Gasteiger partial charge on any atom is 0.203 e. The monoisotopic (exact) mass is 478 g/mol. The first kappa shape index (κ1) is 21.7. The zero-order chi connectivity index (χ0) is 22.8. The van der Waals surface area contributed by atoms with Crippen LogP contribution in [0.15, 0.2) is 41.9 Å². The molecule has 3 aromatic rings. The van der Waals surface area contributed by atoms with Gasteiger partial charge in [0.15, 0.2) is 5.79 Å². The number of aromatic nitrogens is 3. The number of aliphatic hydroxyl groups is 1. The minimum absolute atomic E-state index is 0.135. The third-order valence-electron chi connectivity index (χ3n) is 6.66. The molecule has 2 fully saturated rings. The third-order valence-corrected chi connectivity index (χ3v) is 7.40. The molecule has 1 saturated heterocycles. The number of rotatable bonds is 3. The molecule has 170 valence electrons. The van der Waals surface area contributed by atoms with Crippen LogP contribution in [-0.2, 0) is 15.1 Å². The predicted octanol–water partition coefficient (Wildman–Crippen LogP) is 3.95. The lowest BCUT2D eigenvalue weighted by Gasteiger charge is -2.34. The molecular weight excluding hydrogens is 455 g/mol. The first-order valence-corrected chi connectivity index (χ1v) is 11.1. The van der Waals surface area contributed by atoms with Crippen LogP contribution < -0.4 is 5.49 Å². The molecule has 5 atom stereocenters. The second-order valence-electron chi connectivity index (χ2n) is 9.06. The molecule has 1 saturated carbocycles. The molecule has 1 aliphatic carbocycles. The minimum Gasteiger partial charge on any atom is -0.409 e. The molecule has 32 heavy (non-hydrogen) atoms. The highest BCUT2D eigenvalue weighted by Gasteiger charge is 2.59. The zero-order valence-electron chi connectivity index (χ0n) is 17.8. The van der Waals surface area contributed by atoms with Crippen LogP contribution >= 0.6 is 23.2 Å². The van der Waals surface area contributed by atoms with Gasteiger partial charge in [-0.2, -0.15) is 0 Å². The Bertz CT molecular complexity index is 1250. The molecule has 1 aromatic carbocycles. The third kappa shape index (κ3) is 3.33. The summed E-state index contributed by atoms with van der Waals surface area (Å²) < 4.78 is 14.7. The lowest BCUT2D eigenvalue weighted by molar-refractivity contribution is -0.172. The van der Waals surface area contributed by atoms with E-state index in [9.17, 15) is 10.3 Å². The first-order valence-electron chi connectivity index (χ1n) is 10.4. The normalized spacial score (nSPS) is 29.4. The van der Waals surface area contributed by atoms with E-state index in [-0.39, 0.29) is 29.7 Å². The Morgan fingerprint density at radius 2 is 1.97 bits per heavy atom. The Balaban J connectivity index is 1.59. The summed E-state index contributed by atoms with van der Waals surface area (Å²) in [5, 5.41) is 25.8. The van der Waals surface area contributed by atoms with E-state index >= 15 is 0 Å². The van der Waals surface area contributed by atoms with Gasteiger partial charge in [-0.1, -0.05) is 34.4 Å². The average molecular weight is 479 g/mol. The van der Waals surface area contributed by atoms with Crippen LogP contribution in [0.5, 0.6) is 0 Å². The number of hydrogen-bond donors (Lipinski definition) is 3. The molecule has 2 aromatic heterocycles. The summed E-state index contributed by atoms with van der Waals surface area (Å²) in [6, 6.07) is 6.89. The van der Waals surface area contributed by atoms with Crippen LogP contribution in [0.1, 0.15) is 38.8 Å². The number of halogens is 2. The van der Waals surface area contributed by atoms with Gasteiger partial charge in [0.2, 0.25) is 5.49 Å². The van der Waals surface area contributed by atoms with Crippen LogP contribution in [-0.4, -0.2) is 42.8 Å². The Morgan fingerprint density at radius 1 is 1.22 bits per heavy atom. The Labute approximate surface area is 194 Å². The summed E-state index contributed by atoms with van der Waals surface area (Å²) in [5.41, 5.74) is 0.407. The predicted molar refractivity (Wildman–Crippen MR) is 118 cm³/mol. The zero-order valence-corrected chi connectivity index (χ0v) is 19.3. The minimum atomic E-state index is -1.24. The number of hydrogen-bond acceptors (Lipinski definition) is 6. The Morgan fingerprint density at radius 3 is 2.69 bits per heavy atom. The second kappa shape index (κ2) is 7.46. The van der Waals surface area contributed by atoms with Gasteiger partial charge in [0.25, 0.3) is 0 Å². The maximum absolute atomic E-state index is 11.7. The molecule has 1 aliphatic heterocycles. The number of benzene rings is 1. The topological polar surface area (TPSA) is 105 Å². The fourth-order valence-electron chi connectivity index (χ4n) is 5.16. The van der Waals surface area contributed by atoms with Crippen LogP contribution in [0.2, 0.25) is 10.0 Å². The summed E-state index contributed by atoms with van der Waals surface area (Å²) in [5.74, 6) is -1.07. The Hall–Kier alpha value is -2.10. The number of aromatic amines is 1. The van der Waals surface area contributed by atoms with Crippen LogP contribution in [0, 0.1) is 5.92 Å². The van der Waals surface area contributed by atoms with Gasteiger partial charge in [0, 0.05) is 12.1 Å². The highest BCUT2D eigenvalue weighted by Crippen LogP contribution is 2.53. The molecule has 0 bridgehead atoms. The quantitative estimate of drug-likeness (QED) is 0.390. The van der Waals surface area contributed by atoms with Crippen molar-refractivity contribution in [1.29, 1.82) is 0 Å². The molecule has 0 spiro atoms. The van der Waals surface area contributed by atoms with Crippen molar-refractivity contribution in [1.82, 2.24) is 14.5 Å². The molecule has 3 N–H and O–H groups in total. The standard InChI is InChI=1S/C22H24Cl2N4O4/c1-21(2)31-17-13(22(3,29)11-4-5-14(23)15(24)8-11)9-16(18(17)32-21)28-7-6-12-19(27-30)25-10-26-20(12)28/h4-8,10,13,16-18,29-30H,9H2,1-3H3,(H,25,26,27)/t13-,16+,17+,18-,22?/m0/s1. The van der Waals surface area contributed by atoms with Gasteiger partial charge in [-0.25, -0.2) is 4.98 Å². The van der Waals surface area contributed by atoms with Crippen molar-refractivity contribution in [3.05, 3.63) is 57.9 Å². The van der Waals surface area contributed by atoms with Crippen LogP contribution in [0.3, 0.4) is 0 Å². The fourth-order valence-corrected chi connectivity index (χ4v) is 5.46. The Kier molecular flexibility index (Phi) is 5.07. The van der Waals surface area contributed by atoms with Crippen molar-refractivity contribution in [3.63, 3.8) is 0 Å². The van der Waals surface area contributed by atoms with E-state index in [2.05, 4.69) is 15.1 Å². The highest BCUT2D eigenvalue weighted by atomic mass is 35.5. The SMILES string of the molecule is CC1(C)O[C@@H]2[C@H](O1)[C@@H](C(C)(O)c1ccc(Cl)c(Cl)c1)C[C@H]2n1ccc2/c(=N\O)nc[nH]c21. The molecule has 2 aliphatic rings. The van der Waals surface area contributed by atoms with Crippen molar-refractivity contribution in [3.8, 4) is 0 Å². The largest absolute Gasteiger partial charge is 0.409 e. The van der Waals surface area contributed by atoms with Crippen molar-refractivity contribution in [2.45, 2.75) is 56.8 Å². The van der Waals surface area contributed by atoms with Crippen LogP contribution in [0.25, 0.3) is 11.0 Å². The molecule has 1 unspecified atom stereocenters. The summed E-state index contributed by atoms with van der Waals surface area (Å²) in [6.45, 7) is 5.53. The molecular formula is C22H24Cl2N4O4. The summed E-state index contributed by atoms with van der Waals surface area (Å²) in [4.78, 5) is 7.20. The van der Waals surface area contributed by atoms with Gasteiger partial charge < -0.3 is 29.3 Å². The second-order valence-corrected chi connectivity index (χ2v) is 9.88. The molecule has 10 heteroatoms. The molecule has 0 radical (unpaired) electrons. The van der Waals surface area contributed by atoms with Crippen molar-refractivity contribution in [2.75, 3.05) is 0 Å². The van der Waals surface area contributed by atoms with E-state index in [0.717, 1.165) is 5.65 Å². The van der Waals surface area contributed by atoms with Gasteiger partial charge in [-0.15, -0.1) is 0 Å². The molecule has 5 rings (SSSR count). The van der Waals surface area contributed by atoms with Crippen LogP contribution in [0.4, 0.5) is 0 Å². The van der Waals surface area contributed by atoms with Crippen molar-refractivity contribution in [2.24, 2.45) is 11.1 Å². The molecule has 8 nitrogen and oxygen atoms in total. The lowest BCUT2D eigenvalue weighted by atomic mass is 9.80. The van der Waals surface area contributed by atoms with Gasteiger partial charge in [-0.3, -0.25) is 0 Å². The van der Waals surface area contributed by atoms with Crippen molar-refractivity contribution < 1.29 is 19.8 Å². The van der Waals surface area contributed by atoms with E-state index in [1.165, 1.54) is 6.33 Å². The van der Waals surface area contributed by atoms with E-state index in [4.69, 9.17) is 32.7 Å². The summed E-state index contributed by atoms with van der Waals surface area (Å²) in [6.07, 6.45) is 3.34. The van der Waals surface area contributed by atoms with Crippen molar-refractivity contribution >= 4 is 34.2 Å². The van der Waals surface area contributed by atoms with E-state index in [1.807, 2.05) is 30.7 Å². The molecule has 3 heterocycles. The van der Waals surface area contributed by atoms with Gasteiger partial charge in [0.1, 0.15) is 11.8 Å². The summed E-state index contributed by atoms with van der Waals surface area (Å²) >= 11 is 12.3. The smallest absolute Gasteiger partial charge is 0.203 e. The van der Waals surface area contributed by atoms with Gasteiger partial charge in [-0.05, 0) is 51.0 Å². The first-order chi connectivity index (χ1) is 15.1. The summed E-state index contributed by atoms with van der Waals surface area (Å²) in [7, 11) is 0. The lowest BCUT2D eigenvalue weighted by Crippen LogP contribution is -2.39. The average Bonchev–Trinajstić information content (AvgIpc) is 3.40. The van der Waals surface area contributed by atoms with E-state index in [0.29, 0.717) is 27.4 Å². The number of nitrogens with zero attached hydrogens (tertiary/aromatic N) is 3. The fraction of sp³-hybridized carbons (Fsp3) is 0.455. The number of H-pyrrole nitrogens is 1. The number of ether oxygens (including phenoxy) is 2. The van der Waals surface area contributed by atoms with Gasteiger partial charge in [0.05, 0.1) is 39.5 Å². The number of fused-ring (bicyclic) bond motifs is 2. The van der Waals surface area contributed by atoms with E-state index in [1.54, 1.807) is 25.1 Å².